The number of rotatable bonds is 4. The molecular weight excluding hydrogens is 447 g/mol. The quantitative estimate of drug-likeness (QED) is 0.450. The Morgan fingerprint density at radius 2 is 1.91 bits per heavy atom. The van der Waals surface area contributed by atoms with E-state index in [4.69, 9.17) is 4.74 Å². The highest BCUT2D eigenvalue weighted by Gasteiger charge is 2.27. The lowest BCUT2D eigenvalue weighted by molar-refractivity contribution is 0.144. The molecule has 0 unspecified atom stereocenters. The van der Waals surface area contributed by atoms with Crippen LogP contribution in [0.4, 0.5) is 14.9 Å². The summed E-state index contributed by atoms with van der Waals surface area (Å²) in [6.45, 7) is 0. The van der Waals surface area contributed by atoms with Gasteiger partial charge in [-0.3, -0.25) is 10.1 Å². The largest absolute Gasteiger partial charge is 0.446 e. The standard InChI is InChI=1S/C27H21FN4O3/c28-22-10-5-15(12-24-19-3-1-2-4-20(19)26(33)32-31-24)11-21(22)16-6-7-17-14-25(29-23(17)13-16)30-27(34)35-18-8-9-18/h1-7,10-11,13,18H,8-9,12,14H2,(H,32,33)(H,29,30,34). The molecule has 0 bridgehead atoms. The molecule has 0 radical (unpaired) electrons. The van der Waals surface area contributed by atoms with Crippen LogP contribution in [-0.2, 0) is 17.6 Å². The van der Waals surface area contributed by atoms with Crippen molar-refractivity contribution < 1.29 is 13.9 Å². The maximum atomic E-state index is 14.9. The molecule has 0 spiro atoms. The molecule has 8 heteroatoms. The first-order valence-electron chi connectivity index (χ1n) is 11.5. The Morgan fingerprint density at radius 1 is 1.09 bits per heavy atom. The molecule has 1 aliphatic heterocycles. The van der Waals surface area contributed by atoms with Gasteiger partial charge in [0.05, 0.1) is 16.8 Å². The number of benzene rings is 3. The Hall–Kier alpha value is -4.33. The summed E-state index contributed by atoms with van der Waals surface area (Å²) in [5, 5.41) is 10.8. The van der Waals surface area contributed by atoms with Crippen LogP contribution in [0.3, 0.4) is 0 Å². The van der Waals surface area contributed by atoms with Crippen molar-refractivity contribution in [1.82, 2.24) is 15.5 Å². The Morgan fingerprint density at radius 3 is 2.74 bits per heavy atom. The summed E-state index contributed by atoms with van der Waals surface area (Å²) in [5.41, 5.74) is 4.12. The van der Waals surface area contributed by atoms with E-state index in [0.29, 0.717) is 46.6 Å². The molecule has 0 atom stereocenters. The van der Waals surface area contributed by atoms with E-state index in [2.05, 4.69) is 20.5 Å². The Kier molecular flexibility index (Phi) is 5.13. The van der Waals surface area contributed by atoms with Gasteiger partial charge in [-0.1, -0.05) is 36.4 Å². The fourth-order valence-corrected chi connectivity index (χ4v) is 4.31. The minimum Gasteiger partial charge on any atom is -0.446 e. The number of amides is 1. The molecule has 4 aromatic rings. The van der Waals surface area contributed by atoms with E-state index >= 15 is 0 Å². The summed E-state index contributed by atoms with van der Waals surface area (Å²) >= 11 is 0. The summed E-state index contributed by atoms with van der Waals surface area (Å²) in [5.74, 6) is 0.175. The lowest BCUT2D eigenvalue weighted by Gasteiger charge is -2.09. The minimum atomic E-state index is -0.485. The van der Waals surface area contributed by atoms with Gasteiger partial charge in [-0.05, 0) is 53.8 Å². The Labute approximate surface area is 199 Å². The highest BCUT2D eigenvalue weighted by atomic mass is 19.1. The number of aromatic amines is 1. The maximum absolute atomic E-state index is 14.9. The number of hydrogen-bond donors (Lipinski definition) is 2. The fourth-order valence-electron chi connectivity index (χ4n) is 4.31. The normalized spacial score (nSPS) is 14.5. The van der Waals surface area contributed by atoms with Crippen LogP contribution in [0.5, 0.6) is 0 Å². The molecular formula is C27H21FN4O3. The molecule has 2 aliphatic rings. The number of ether oxygens (including phenoxy) is 1. The third-order valence-corrected chi connectivity index (χ3v) is 6.23. The van der Waals surface area contributed by atoms with Crippen molar-refractivity contribution in [3.05, 3.63) is 93.7 Å². The van der Waals surface area contributed by atoms with Crippen LogP contribution in [-0.4, -0.2) is 28.2 Å². The van der Waals surface area contributed by atoms with Crippen molar-refractivity contribution in [3.63, 3.8) is 0 Å². The smallest absolute Gasteiger partial charge is 0.412 e. The van der Waals surface area contributed by atoms with Crippen molar-refractivity contribution in [2.75, 3.05) is 0 Å². The molecule has 2 N–H and O–H groups in total. The van der Waals surface area contributed by atoms with Crippen LogP contribution in [0.15, 0.2) is 70.5 Å². The number of alkyl carbamates (subject to hydrolysis) is 1. The van der Waals surface area contributed by atoms with Crippen molar-refractivity contribution >= 4 is 28.4 Å². The molecule has 2 heterocycles. The van der Waals surface area contributed by atoms with E-state index in [1.807, 2.05) is 36.4 Å². The highest BCUT2D eigenvalue weighted by Crippen LogP contribution is 2.33. The minimum absolute atomic E-state index is 0.0190. The Bertz CT molecular complexity index is 1570. The zero-order chi connectivity index (χ0) is 23.9. The number of carbonyl (C=O) groups excluding carboxylic acids is 1. The molecule has 1 saturated carbocycles. The van der Waals surface area contributed by atoms with Crippen LogP contribution in [0, 0.1) is 5.82 Å². The topological polar surface area (TPSA) is 96.4 Å². The fraction of sp³-hybridized carbons (Fsp3) is 0.185. The number of carbonyl (C=O) groups is 1. The Balaban J connectivity index is 1.27. The summed E-state index contributed by atoms with van der Waals surface area (Å²) < 4.78 is 20.1. The van der Waals surface area contributed by atoms with E-state index in [1.54, 1.807) is 18.2 Å². The van der Waals surface area contributed by atoms with Crippen molar-refractivity contribution in [1.29, 1.82) is 0 Å². The van der Waals surface area contributed by atoms with Crippen molar-refractivity contribution in [3.8, 4) is 11.1 Å². The number of amidine groups is 1. The lowest BCUT2D eigenvalue weighted by Crippen LogP contribution is -2.31. The molecule has 1 fully saturated rings. The van der Waals surface area contributed by atoms with E-state index in [-0.39, 0.29) is 17.5 Å². The second-order valence-electron chi connectivity index (χ2n) is 8.84. The van der Waals surface area contributed by atoms with Gasteiger partial charge in [-0.2, -0.15) is 5.10 Å². The number of halogens is 1. The van der Waals surface area contributed by atoms with Crippen molar-refractivity contribution in [2.45, 2.75) is 31.8 Å². The van der Waals surface area contributed by atoms with Crippen LogP contribution in [0.1, 0.15) is 29.7 Å². The second kappa shape index (κ2) is 8.47. The van der Waals surface area contributed by atoms with Gasteiger partial charge in [0, 0.05) is 23.8 Å². The predicted octanol–water partition coefficient (Wildman–Crippen LogP) is 4.79. The van der Waals surface area contributed by atoms with Crippen molar-refractivity contribution in [2.24, 2.45) is 4.99 Å². The molecule has 1 amide bonds. The van der Waals surface area contributed by atoms with Gasteiger partial charge in [-0.15, -0.1) is 0 Å². The van der Waals surface area contributed by atoms with Gasteiger partial charge in [0.25, 0.3) is 5.56 Å². The number of nitrogens with one attached hydrogen (secondary N) is 2. The number of H-pyrrole nitrogens is 1. The lowest BCUT2D eigenvalue weighted by atomic mass is 9.97. The van der Waals surface area contributed by atoms with Crippen LogP contribution in [0.2, 0.25) is 0 Å². The number of aliphatic imine (C=N–C) groups is 1. The summed E-state index contributed by atoms with van der Waals surface area (Å²) in [7, 11) is 0. The number of aromatic nitrogens is 2. The first kappa shape index (κ1) is 21.2. The average molecular weight is 468 g/mol. The zero-order valence-corrected chi connectivity index (χ0v) is 18.7. The van der Waals surface area contributed by atoms with E-state index in [1.165, 1.54) is 6.07 Å². The molecule has 7 nitrogen and oxygen atoms in total. The van der Waals surface area contributed by atoms with Gasteiger partial charge in [-0.25, -0.2) is 19.3 Å². The number of nitrogens with zero attached hydrogens (tertiary/aromatic N) is 2. The highest BCUT2D eigenvalue weighted by molar-refractivity contribution is 6.01. The van der Waals surface area contributed by atoms with Crippen LogP contribution in [0.25, 0.3) is 21.9 Å². The maximum Gasteiger partial charge on any atom is 0.412 e. The molecule has 0 saturated heterocycles. The SMILES string of the molecule is O=C(NC1=Nc2cc(-c3cc(Cc4n[nH]c(=O)c5ccccc45)ccc3F)ccc2C1)OC1CC1. The predicted molar refractivity (Wildman–Crippen MR) is 130 cm³/mol. The summed E-state index contributed by atoms with van der Waals surface area (Å²) in [6.07, 6.45) is 2.27. The van der Waals surface area contributed by atoms with Gasteiger partial charge >= 0.3 is 6.09 Å². The van der Waals surface area contributed by atoms with Crippen LogP contribution < -0.4 is 10.9 Å². The van der Waals surface area contributed by atoms with E-state index < -0.39 is 6.09 Å². The summed E-state index contributed by atoms with van der Waals surface area (Å²) in [4.78, 5) is 28.5. The molecule has 35 heavy (non-hydrogen) atoms. The molecule has 6 rings (SSSR count). The van der Waals surface area contributed by atoms with E-state index in [9.17, 15) is 14.0 Å². The monoisotopic (exact) mass is 468 g/mol. The van der Waals surface area contributed by atoms with E-state index in [0.717, 1.165) is 29.4 Å². The summed E-state index contributed by atoms with van der Waals surface area (Å²) in [6, 6.07) is 17.8. The number of fused-ring (bicyclic) bond motifs is 2. The average Bonchev–Trinajstić information content (AvgIpc) is 3.58. The van der Waals surface area contributed by atoms with Gasteiger partial charge in [0.1, 0.15) is 17.8 Å². The third-order valence-electron chi connectivity index (χ3n) is 6.23. The zero-order valence-electron chi connectivity index (χ0n) is 18.7. The van der Waals surface area contributed by atoms with Gasteiger partial charge in [0.2, 0.25) is 0 Å². The first-order valence-corrected chi connectivity index (χ1v) is 11.5. The third kappa shape index (κ3) is 4.30. The van der Waals surface area contributed by atoms with Gasteiger partial charge in [0.15, 0.2) is 0 Å². The van der Waals surface area contributed by atoms with Gasteiger partial charge < -0.3 is 4.74 Å². The molecule has 1 aromatic heterocycles. The first-order chi connectivity index (χ1) is 17.0. The molecule has 174 valence electrons. The molecule has 1 aliphatic carbocycles. The second-order valence-corrected chi connectivity index (χ2v) is 8.84. The number of hydrogen-bond acceptors (Lipinski definition) is 5. The van der Waals surface area contributed by atoms with Crippen LogP contribution >= 0.6 is 0 Å². The molecule has 3 aromatic carbocycles.